The monoisotopic (exact) mass is 309 g/mol. The highest BCUT2D eigenvalue weighted by molar-refractivity contribution is 5.94. The highest BCUT2D eigenvalue weighted by Gasteiger charge is 2.20. The smallest absolute Gasteiger partial charge is 0.251 e. The van der Waals surface area contributed by atoms with Gasteiger partial charge in [0.2, 0.25) is 0 Å². The van der Waals surface area contributed by atoms with Crippen molar-refractivity contribution >= 4 is 5.91 Å². The zero-order valence-electron chi connectivity index (χ0n) is 11.7. The lowest BCUT2D eigenvalue weighted by molar-refractivity contribution is 0.0851. The summed E-state index contributed by atoms with van der Waals surface area (Å²) < 4.78 is 38.8. The van der Waals surface area contributed by atoms with Crippen LogP contribution in [0.4, 0.5) is 13.2 Å². The molecule has 2 atom stereocenters. The summed E-state index contributed by atoms with van der Waals surface area (Å²) in [4.78, 5) is 11.9. The number of aliphatic hydroxyl groups is 1. The van der Waals surface area contributed by atoms with Crippen molar-refractivity contribution in [1.29, 1.82) is 0 Å². The molecule has 116 valence electrons. The van der Waals surface area contributed by atoms with Gasteiger partial charge in [-0.2, -0.15) is 0 Å². The van der Waals surface area contributed by atoms with Gasteiger partial charge in [0.1, 0.15) is 5.82 Å². The van der Waals surface area contributed by atoms with E-state index in [2.05, 4.69) is 5.32 Å². The highest BCUT2D eigenvalue weighted by Crippen LogP contribution is 2.19. The highest BCUT2D eigenvalue weighted by atomic mass is 19.2. The minimum Gasteiger partial charge on any atom is -0.386 e. The van der Waals surface area contributed by atoms with Crippen LogP contribution in [-0.2, 0) is 0 Å². The molecular weight excluding hydrogens is 295 g/mol. The van der Waals surface area contributed by atoms with Crippen LogP contribution in [0.1, 0.15) is 28.9 Å². The summed E-state index contributed by atoms with van der Waals surface area (Å²) in [7, 11) is 0. The molecule has 0 radical (unpaired) electrons. The van der Waals surface area contributed by atoms with Gasteiger partial charge in [-0.1, -0.05) is 6.07 Å². The molecule has 2 rings (SSSR count). The normalized spacial score (nSPS) is 13.5. The summed E-state index contributed by atoms with van der Waals surface area (Å²) >= 11 is 0. The van der Waals surface area contributed by atoms with Crippen LogP contribution in [-0.4, -0.2) is 17.1 Å². The molecule has 3 nitrogen and oxygen atoms in total. The van der Waals surface area contributed by atoms with Crippen LogP contribution in [0.3, 0.4) is 0 Å². The molecule has 2 aromatic rings. The molecule has 0 aliphatic carbocycles. The molecule has 2 unspecified atom stereocenters. The van der Waals surface area contributed by atoms with Crippen LogP contribution >= 0.6 is 0 Å². The molecule has 1 amide bonds. The number of aliphatic hydroxyl groups excluding tert-OH is 1. The van der Waals surface area contributed by atoms with E-state index in [0.29, 0.717) is 0 Å². The van der Waals surface area contributed by atoms with Gasteiger partial charge in [-0.3, -0.25) is 4.79 Å². The van der Waals surface area contributed by atoms with E-state index in [4.69, 9.17) is 0 Å². The van der Waals surface area contributed by atoms with Crippen LogP contribution in [0.25, 0.3) is 0 Å². The van der Waals surface area contributed by atoms with Crippen LogP contribution in [0.2, 0.25) is 0 Å². The number of rotatable bonds is 4. The third kappa shape index (κ3) is 3.65. The first kappa shape index (κ1) is 16.0. The molecule has 0 spiro atoms. The Labute approximate surface area is 125 Å². The number of carbonyl (C=O) groups is 1. The molecule has 0 aliphatic rings. The van der Waals surface area contributed by atoms with Gasteiger partial charge in [-0.05, 0) is 48.9 Å². The van der Waals surface area contributed by atoms with E-state index in [1.54, 1.807) is 0 Å². The van der Waals surface area contributed by atoms with E-state index < -0.39 is 35.5 Å². The molecule has 22 heavy (non-hydrogen) atoms. The Morgan fingerprint density at radius 2 is 1.68 bits per heavy atom. The zero-order chi connectivity index (χ0) is 16.3. The second-order valence-electron chi connectivity index (χ2n) is 4.89. The summed E-state index contributed by atoms with van der Waals surface area (Å²) in [5.41, 5.74) is 0.372. The summed E-state index contributed by atoms with van der Waals surface area (Å²) in [6.07, 6.45) is -1.21. The first-order valence-electron chi connectivity index (χ1n) is 6.58. The largest absolute Gasteiger partial charge is 0.386 e. The average Bonchev–Trinajstić information content (AvgIpc) is 2.49. The molecule has 0 fully saturated rings. The van der Waals surface area contributed by atoms with E-state index in [0.717, 1.165) is 24.3 Å². The van der Waals surface area contributed by atoms with Crippen molar-refractivity contribution in [3.05, 3.63) is 71.0 Å². The van der Waals surface area contributed by atoms with Gasteiger partial charge in [-0.15, -0.1) is 0 Å². The Balaban J connectivity index is 2.07. The minimum absolute atomic E-state index is 0.144. The fraction of sp³-hybridized carbons (Fsp3) is 0.188. The lowest BCUT2D eigenvalue weighted by Crippen LogP contribution is -2.37. The van der Waals surface area contributed by atoms with Crippen LogP contribution in [0.15, 0.2) is 42.5 Å². The molecule has 2 aromatic carbocycles. The fourth-order valence-corrected chi connectivity index (χ4v) is 1.96. The molecule has 0 saturated heterocycles. The lowest BCUT2D eigenvalue weighted by Gasteiger charge is -2.20. The maximum absolute atomic E-state index is 13.2. The maximum Gasteiger partial charge on any atom is 0.251 e. The Bertz CT molecular complexity index is 674. The predicted octanol–water partition coefficient (Wildman–Crippen LogP) is 2.96. The van der Waals surface area contributed by atoms with Gasteiger partial charge < -0.3 is 10.4 Å². The number of hydrogen-bond donors (Lipinski definition) is 2. The Morgan fingerprint density at radius 1 is 1.05 bits per heavy atom. The van der Waals surface area contributed by atoms with Gasteiger partial charge in [0.15, 0.2) is 11.6 Å². The van der Waals surface area contributed by atoms with E-state index >= 15 is 0 Å². The molecule has 0 aromatic heterocycles. The van der Waals surface area contributed by atoms with Crippen LogP contribution < -0.4 is 5.32 Å². The number of hydrogen-bond acceptors (Lipinski definition) is 2. The third-order valence-electron chi connectivity index (χ3n) is 3.22. The SMILES string of the molecule is CC(NC(=O)c1ccc(F)cc1)C(O)c1ccc(F)c(F)c1. The zero-order valence-corrected chi connectivity index (χ0v) is 11.7. The van der Waals surface area contributed by atoms with Gasteiger partial charge in [0.05, 0.1) is 12.1 Å². The van der Waals surface area contributed by atoms with Crippen molar-refractivity contribution in [2.24, 2.45) is 0 Å². The van der Waals surface area contributed by atoms with Gasteiger partial charge in [0.25, 0.3) is 5.91 Å². The molecule has 0 bridgehead atoms. The molecule has 0 saturated carbocycles. The Hall–Kier alpha value is -2.34. The summed E-state index contributed by atoms with van der Waals surface area (Å²) in [6, 6.07) is 7.17. The molecule has 0 heterocycles. The Morgan fingerprint density at radius 3 is 2.27 bits per heavy atom. The number of carbonyl (C=O) groups excluding carboxylic acids is 1. The fourth-order valence-electron chi connectivity index (χ4n) is 1.96. The lowest BCUT2D eigenvalue weighted by atomic mass is 10.0. The van der Waals surface area contributed by atoms with E-state index in [1.165, 1.54) is 25.1 Å². The first-order chi connectivity index (χ1) is 10.4. The topological polar surface area (TPSA) is 49.3 Å². The first-order valence-corrected chi connectivity index (χ1v) is 6.58. The quantitative estimate of drug-likeness (QED) is 0.912. The van der Waals surface area contributed by atoms with E-state index in [9.17, 15) is 23.1 Å². The summed E-state index contributed by atoms with van der Waals surface area (Å²) in [5, 5.41) is 12.6. The number of amides is 1. The second-order valence-corrected chi connectivity index (χ2v) is 4.89. The molecule has 2 N–H and O–H groups in total. The van der Waals surface area contributed by atoms with Crippen molar-refractivity contribution in [3.8, 4) is 0 Å². The summed E-state index contributed by atoms with van der Waals surface area (Å²) in [5.74, 6) is -3.06. The number of halogens is 3. The van der Waals surface area contributed by atoms with Crippen molar-refractivity contribution in [1.82, 2.24) is 5.32 Å². The predicted molar refractivity (Wildman–Crippen MR) is 74.6 cm³/mol. The van der Waals surface area contributed by atoms with Crippen molar-refractivity contribution in [2.45, 2.75) is 19.1 Å². The van der Waals surface area contributed by atoms with Gasteiger partial charge in [0, 0.05) is 5.56 Å². The van der Waals surface area contributed by atoms with E-state index in [1.807, 2.05) is 0 Å². The molecule has 0 aliphatic heterocycles. The third-order valence-corrected chi connectivity index (χ3v) is 3.22. The van der Waals surface area contributed by atoms with Crippen LogP contribution in [0.5, 0.6) is 0 Å². The minimum atomic E-state index is -1.21. The average molecular weight is 309 g/mol. The number of benzene rings is 2. The standard InChI is InChI=1S/C16H14F3NO2/c1-9(15(21)11-4-7-13(18)14(19)8-11)20-16(22)10-2-5-12(17)6-3-10/h2-9,15,21H,1H3,(H,20,22). The molecular formula is C16H14F3NO2. The second kappa shape index (κ2) is 6.62. The van der Waals surface area contributed by atoms with Crippen molar-refractivity contribution < 1.29 is 23.1 Å². The van der Waals surface area contributed by atoms with Crippen molar-refractivity contribution in [2.75, 3.05) is 0 Å². The molecule has 6 heteroatoms. The number of nitrogens with one attached hydrogen (secondary N) is 1. The van der Waals surface area contributed by atoms with Gasteiger partial charge in [-0.25, -0.2) is 13.2 Å². The van der Waals surface area contributed by atoms with Crippen LogP contribution in [0, 0.1) is 17.5 Å². The Kier molecular flexibility index (Phi) is 4.82. The van der Waals surface area contributed by atoms with Gasteiger partial charge >= 0.3 is 0 Å². The van der Waals surface area contributed by atoms with E-state index in [-0.39, 0.29) is 11.1 Å². The maximum atomic E-state index is 13.2. The summed E-state index contributed by atoms with van der Waals surface area (Å²) in [6.45, 7) is 1.52. The van der Waals surface area contributed by atoms with Crippen molar-refractivity contribution in [3.63, 3.8) is 0 Å².